The molecule has 0 aromatic heterocycles. The smallest absolute Gasteiger partial charge is 0.142 e. The van der Waals surface area contributed by atoms with Crippen molar-refractivity contribution in [2.75, 3.05) is 5.75 Å². The second kappa shape index (κ2) is 4.16. The van der Waals surface area contributed by atoms with Gasteiger partial charge in [0.1, 0.15) is 5.78 Å². The minimum Gasteiger partial charge on any atom is -0.299 e. The molecule has 0 aliphatic rings. The predicted octanol–water partition coefficient (Wildman–Crippen LogP) is 1.38. The van der Waals surface area contributed by atoms with Gasteiger partial charge < -0.3 is 0 Å². The van der Waals surface area contributed by atoms with Gasteiger partial charge in [0.15, 0.2) is 0 Å². The summed E-state index contributed by atoms with van der Waals surface area (Å²) in [7, 11) is -1.16. The number of carbonyl (C=O) groups is 1. The van der Waals surface area contributed by atoms with Crippen molar-refractivity contribution in [1.82, 2.24) is 0 Å². The molecule has 1 aromatic carbocycles. The summed E-state index contributed by atoms with van der Waals surface area (Å²) in [6.45, 7) is 1.45. The van der Waals surface area contributed by atoms with Crippen LogP contribution in [0.3, 0.4) is 0 Å². The van der Waals surface area contributed by atoms with Crippen LogP contribution in [0.5, 0.6) is 0 Å². The van der Waals surface area contributed by atoms with Gasteiger partial charge >= 0.3 is 0 Å². The number of ketones is 1. The molecule has 1 aromatic rings. The molecule has 1 unspecified atom stereocenters. The Morgan fingerprint density at radius 1 is 1.33 bits per heavy atom. The maximum Gasteiger partial charge on any atom is 0.142 e. The maximum atomic E-state index is 11.3. The number of rotatable bonds is 3. The van der Waals surface area contributed by atoms with Crippen molar-refractivity contribution < 1.29 is 9.00 Å². The number of hydrogen-bond donors (Lipinski definition) is 0. The monoisotopic (exact) mass is 182 g/mol. The molecule has 3 heteroatoms. The highest BCUT2D eigenvalue weighted by Crippen LogP contribution is 2.04. The van der Waals surface area contributed by atoms with Gasteiger partial charge in [0, 0.05) is 4.90 Å². The van der Waals surface area contributed by atoms with Crippen molar-refractivity contribution in [2.24, 2.45) is 0 Å². The minimum absolute atomic E-state index is 0.0443. The first-order chi connectivity index (χ1) is 5.70. The summed E-state index contributed by atoms with van der Waals surface area (Å²) >= 11 is 0. The second-order valence-electron chi connectivity index (χ2n) is 2.50. The SMILES string of the molecule is CC(=O)CS(=O)c1ccccc1. The lowest BCUT2D eigenvalue weighted by atomic mass is 10.4. The van der Waals surface area contributed by atoms with Crippen LogP contribution in [-0.4, -0.2) is 15.7 Å². The van der Waals surface area contributed by atoms with E-state index < -0.39 is 10.8 Å². The van der Waals surface area contributed by atoms with Gasteiger partial charge in [-0.1, -0.05) is 18.2 Å². The van der Waals surface area contributed by atoms with Gasteiger partial charge in [0.25, 0.3) is 0 Å². The maximum absolute atomic E-state index is 11.3. The van der Waals surface area contributed by atoms with E-state index >= 15 is 0 Å². The Hall–Kier alpha value is -0.960. The van der Waals surface area contributed by atoms with Crippen LogP contribution in [0.4, 0.5) is 0 Å². The molecule has 64 valence electrons. The van der Waals surface area contributed by atoms with E-state index in [0.717, 1.165) is 0 Å². The van der Waals surface area contributed by atoms with Crippen molar-refractivity contribution in [1.29, 1.82) is 0 Å². The fourth-order valence-electron chi connectivity index (χ4n) is 0.840. The molecule has 0 spiro atoms. The molecule has 0 aliphatic carbocycles. The fraction of sp³-hybridized carbons (Fsp3) is 0.222. The van der Waals surface area contributed by atoms with Crippen molar-refractivity contribution in [3.63, 3.8) is 0 Å². The molecule has 2 nitrogen and oxygen atoms in total. The molecule has 0 aliphatic heterocycles. The Morgan fingerprint density at radius 3 is 2.42 bits per heavy atom. The zero-order valence-corrected chi connectivity index (χ0v) is 7.64. The van der Waals surface area contributed by atoms with Gasteiger partial charge in [0.2, 0.25) is 0 Å². The third-order valence-electron chi connectivity index (χ3n) is 1.34. The van der Waals surface area contributed by atoms with Gasteiger partial charge in [-0.3, -0.25) is 9.00 Å². The normalized spacial score (nSPS) is 12.4. The zero-order valence-electron chi connectivity index (χ0n) is 6.82. The van der Waals surface area contributed by atoms with E-state index in [-0.39, 0.29) is 11.5 Å². The highest BCUT2D eigenvalue weighted by molar-refractivity contribution is 7.85. The standard InChI is InChI=1S/C9H10O2S/c1-8(10)7-12(11)9-5-3-2-4-6-9/h2-6H,7H2,1H3. The van der Waals surface area contributed by atoms with E-state index in [1.54, 1.807) is 12.1 Å². The highest BCUT2D eigenvalue weighted by atomic mass is 32.2. The fourth-order valence-corrected chi connectivity index (χ4v) is 1.84. The minimum atomic E-state index is -1.16. The van der Waals surface area contributed by atoms with Crippen LogP contribution in [0.1, 0.15) is 6.92 Å². The van der Waals surface area contributed by atoms with Crippen LogP contribution in [0, 0.1) is 0 Å². The predicted molar refractivity (Wildman–Crippen MR) is 48.4 cm³/mol. The number of hydrogen-bond acceptors (Lipinski definition) is 2. The lowest BCUT2D eigenvalue weighted by molar-refractivity contribution is -0.114. The molecular weight excluding hydrogens is 172 g/mol. The van der Waals surface area contributed by atoms with Gasteiger partial charge in [-0.05, 0) is 19.1 Å². The third-order valence-corrected chi connectivity index (χ3v) is 2.81. The average Bonchev–Trinajstić information content (AvgIpc) is 2.05. The lowest BCUT2D eigenvalue weighted by Gasteiger charge is -1.97. The van der Waals surface area contributed by atoms with Crippen LogP contribution in [0.2, 0.25) is 0 Å². The zero-order chi connectivity index (χ0) is 8.97. The van der Waals surface area contributed by atoms with Crippen LogP contribution in [0.25, 0.3) is 0 Å². The summed E-state index contributed by atoms with van der Waals surface area (Å²) in [5.74, 6) is 0.0708. The number of benzene rings is 1. The lowest BCUT2D eigenvalue weighted by Crippen LogP contribution is -2.05. The summed E-state index contributed by atoms with van der Waals surface area (Å²) < 4.78 is 11.3. The summed E-state index contributed by atoms with van der Waals surface area (Å²) in [4.78, 5) is 11.3. The summed E-state index contributed by atoms with van der Waals surface area (Å²) in [6, 6.07) is 9.01. The van der Waals surface area contributed by atoms with E-state index in [9.17, 15) is 9.00 Å². The Morgan fingerprint density at radius 2 is 1.92 bits per heavy atom. The molecule has 0 amide bonds. The van der Waals surface area contributed by atoms with Crippen molar-refractivity contribution >= 4 is 16.6 Å². The van der Waals surface area contributed by atoms with Gasteiger partial charge in [-0.15, -0.1) is 0 Å². The van der Waals surface area contributed by atoms with Crippen LogP contribution in [-0.2, 0) is 15.6 Å². The first kappa shape index (κ1) is 9.13. The molecular formula is C9H10O2S. The molecule has 0 N–H and O–H groups in total. The molecule has 0 bridgehead atoms. The van der Waals surface area contributed by atoms with Crippen LogP contribution < -0.4 is 0 Å². The van der Waals surface area contributed by atoms with Crippen molar-refractivity contribution in [3.05, 3.63) is 30.3 Å². The summed E-state index contributed by atoms with van der Waals surface area (Å²) in [5, 5.41) is 0. The quantitative estimate of drug-likeness (QED) is 0.707. The van der Waals surface area contributed by atoms with E-state index in [2.05, 4.69) is 0 Å². The van der Waals surface area contributed by atoms with Crippen molar-refractivity contribution in [3.8, 4) is 0 Å². The molecule has 0 saturated heterocycles. The summed E-state index contributed by atoms with van der Waals surface area (Å²) in [5.41, 5.74) is 0. The van der Waals surface area contributed by atoms with Crippen molar-refractivity contribution in [2.45, 2.75) is 11.8 Å². The molecule has 12 heavy (non-hydrogen) atoms. The largest absolute Gasteiger partial charge is 0.299 e. The van der Waals surface area contributed by atoms with E-state index in [1.165, 1.54) is 6.92 Å². The molecule has 0 heterocycles. The second-order valence-corrected chi connectivity index (χ2v) is 3.96. The Balaban J connectivity index is 2.73. The average molecular weight is 182 g/mol. The third kappa shape index (κ3) is 2.58. The first-order valence-electron chi connectivity index (χ1n) is 3.63. The van der Waals surface area contributed by atoms with E-state index in [1.807, 2.05) is 18.2 Å². The topological polar surface area (TPSA) is 34.1 Å². The first-order valence-corrected chi connectivity index (χ1v) is 4.95. The molecule has 0 saturated carbocycles. The summed E-state index contributed by atoms with van der Waals surface area (Å²) in [6.07, 6.45) is 0. The molecule has 1 atom stereocenters. The van der Waals surface area contributed by atoms with Gasteiger partial charge in [0.05, 0.1) is 16.6 Å². The van der Waals surface area contributed by atoms with Crippen LogP contribution in [0.15, 0.2) is 35.2 Å². The Kier molecular flexibility index (Phi) is 3.17. The van der Waals surface area contributed by atoms with E-state index in [4.69, 9.17) is 0 Å². The molecule has 0 radical (unpaired) electrons. The molecule has 1 rings (SSSR count). The van der Waals surface area contributed by atoms with E-state index in [0.29, 0.717) is 4.90 Å². The molecule has 0 fully saturated rings. The van der Waals surface area contributed by atoms with Gasteiger partial charge in [-0.25, -0.2) is 0 Å². The Labute approximate surface area is 74.1 Å². The number of Topliss-reactive ketones (excluding diaryl/α,β-unsaturated/α-hetero) is 1. The highest BCUT2D eigenvalue weighted by Gasteiger charge is 2.04. The Bertz CT molecular complexity index is 293. The van der Waals surface area contributed by atoms with Crippen LogP contribution >= 0.6 is 0 Å². The number of carbonyl (C=O) groups excluding carboxylic acids is 1. The van der Waals surface area contributed by atoms with Gasteiger partial charge in [-0.2, -0.15) is 0 Å².